The topological polar surface area (TPSA) is 67.4 Å². The van der Waals surface area contributed by atoms with E-state index in [1.807, 2.05) is 30.3 Å². The van der Waals surface area contributed by atoms with Crippen LogP contribution < -0.4 is 15.4 Å². The van der Waals surface area contributed by atoms with Gasteiger partial charge < -0.3 is 15.4 Å². The van der Waals surface area contributed by atoms with E-state index < -0.39 is 11.8 Å². The van der Waals surface area contributed by atoms with Gasteiger partial charge in [-0.2, -0.15) is 0 Å². The lowest BCUT2D eigenvalue weighted by Gasteiger charge is -2.12. The SMILES string of the molecule is COc1ccc(NC(=O)C(=Cc2ccccc2)NC(=O)c2ccccc2Cl)cc1. The van der Waals surface area contributed by atoms with Crippen molar-refractivity contribution in [2.75, 3.05) is 12.4 Å². The van der Waals surface area contributed by atoms with Crippen LogP contribution in [0.15, 0.2) is 84.6 Å². The summed E-state index contributed by atoms with van der Waals surface area (Å²) in [6.07, 6.45) is 1.60. The first-order valence-electron chi connectivity index (χ1n) is 8.85. The number of hydrogen-bond acceptors (Lipinski definition) is 3. The molecule has 0 atom stereocenters. The van der Waals surface area contributed by atoms with Crippen LogP contribution in [0.4, 0.5) is 5.69 Å². The highest BCUT2D eigenvalue weighted by Gasteiger charge is 2.16. The molecule has 3 rings (SSSR count). The Bertz CT molecular complexity index is 1030. The van der Waals surface area contributed by atoms with E-state index in [9.17, 15) is 9.59 Å². The van der Waals surface area contributed by atoms with E-state index in [0.29, 0.717) is 16.5 Å². The number of nitrogens with one attached hydrogen (secondary N) is 2. The number of amides is 2. The smallest absolute Gasteiger partial charge is 0.272 e. The zero-order chi connectivity index (χ0) is 20.6. The average molecular weight is 407 g/mol. The molecule has 146 valence electrons. The molecule has 0 aromatic heterocycles. The second kappa shape index (κ2) is 9.57. The molecule has 3 aromatic carbocycles. The molecule has 0 saturated heterocycles. The first-order valence-corrected chi connectivity index (χ1v) is 9.22. The molecule has 0 unspecified atom stereocenters. The number of carbonyl (C=O) groups excluding carboxylic acids is 2. The van der Waals surface area contributed by atoms with Crippen LogP contribution in [0.3, 0.4) is 0 Å². The molecule has 0 aliphatic heterocycles. The van der Waals surface area contributed by atoms with Gasteiger partial charge in [-0.15, -0.1) is 0 Å². The second-order valence-corrected chi connectivity index (χ2v) is 6.49. The quantitative estimate of drug-likeness (QED) is 0.580. The Morgan fingerprint density at radius 2 is 1.55 bits per heavy atom. The van der Waals surface area contributed by atoms with Crippen LogP contribution >= 0.6 is 11.6 Å². The average Bonchev–Trinajstić information content (AvgIpc) is 2.74. The number of rotatable bonds is 6. The summed E-state index contributed by atoms with van der Waals surface area (Å²) in [5, 5.41) is 5.75. The third-order valence-electron chi connectivity index (χ3n) is 4.07. The Balaban J connectivity index is 1.86. The molecule has 29 heavy (non-hydrogen) atoms. The van der Waals surface area contributed by atoms with E-state index in [2.05, 4.69) is 10.6 Å². The van der Waals surface area contributed by atoms with Crippen molar-refractivity contribution in [3.63, 3.8) is 0 Å². The number of anilines is 1. The van der Waals surface area contributed by atoms with Gasteiger partial charge in [-0.25, -0.2) is 0 Å². The van der Waals surface area contributed by atoms with Crippen molar-refractivity contribution < 1.29 is 14.3 Å². The normalized spacial score (nSPS) is 10.9. The lowest BCUT2D eigenvalue weighted by molar-refractivity contribution is -0.113. The van der Waals surface area contributed by atoms with E-state index in [-0.39, 0.29) is 11.3 Å². The fourth-order valence-electron chi connectivity index (χ4n) is 2.58. The van der Waals surface area contributed by atoms with Gasteiger partial charge >= 0.3 is 0 Å². The first-order chi connectivity index (χ1) is 14.1. The number of methoxy groups -OCH3 is 1. The Kier molecular flexibility index (Phi) is 6.66. The highest BCUT2D eigenvalue weighted by molar-refractivity contribution is 6.34. The molecule has 5 nitrogen and oxygen atoms in total. The Hall–Kier alpha value is -3.57. The van der Waals surface area contributed by atoms with Crippen LogP contribution in [-0.2, 0) is 4.79 Å². The number of ether oxygens (including phenoxy) is 1. The van der Waals surface area contributed by atoms with Crippen molar-refractivity contribution in [2.24, 2.45) is 0 Å². The Labute approximate surface area is 174 Å². The van der Waals surface area contributed by atoms with Crippen molar-refractivity contribution in [3.8, 4) is 5.75 Å². The van der Waals surface area contributed by atoms with E-state index in [0.717, 1.165) is 5.56 Å². The van der Waals surface area contributed by atoms with Gasteiger partial charge in [-0.3, -0.25) is 9.59 Å². The molecular formula is C23H19ClN2O3. The molecule has 2 N–H and O–H groups in total. The maximum Gasteiger partial charge on any atom is 0.272 e. The van der Waals surface area contributed by atoms with Gasteiger partial charge in [0.2, 0.25) is 0 Å². The number of hydrogen-bond donors (Lipinski definition) is 2. The summed E-state index contributed by atoms with van der Waals surface area (Å²) in [4.78, 5) is 25.5. The maximum absolute atomic E-state index is 12.9. The minimum absolute atomic E-state index is 0.0944. The molecule has 6 heteroatoms. The lowest BCUT2D eigenvalue weighted by atomic mass is 10.1. The van der Waals surface area contributed by atoms with Crippen LogP contribution in [0.5, 0.6) is 5.75 Å². The summed E-state index contributed by atoms with van der Waals surface area (Å²) < 4.78 is 5.12. The standard InChI is InChI=1S/C23H19ClN2O3/c1-29-18-13-11-17(12-14-18)25-23(28)21(15-16-7-3-2-4-8-16)26-22(27)19-9-5-6-10-20(19)24/h2-15H,1H3,(H,25,28)(H,26,27). The van der Waals surface area contributed by atoms with Crippen LogP contribution in [0.1, 0.15) is 15.9 Å². The molecule has 0 aliphatic rings. The summed E-state index contributed by atoms with van der Waals surface area (Å²) in [7, 11) is 1.57. The lowest BCUT2D eigenvalue weighted by Crippen LogP contribution is -2.30. The zero-order valence-electron chi connectivity index (χ0n) is 15.7. The van der Waals surface area contributed by atoms with Crippen LogP contribution in [-0.4, -0.2) is 18.9 Å². The minimum atomic E-state index is -0.470. The molecular weight excluding hydrogens is 388 g/mol. The van der Waals surface area contributed by atoms with E-state index in [4.69, 9.17) is 16.3 Å². The predicted molar refractivity (Wildman–Crippen MR) is 115 cm³/mol. The molecule has 0 fully saturated rings. The van der Waals surface area contributed by atoms with Crippen molar-refractivity contribution in [1.29, 1.82) is 0 Å². The van der Waals surface area contributed by atoms with Gasteiger partial charge in [0.1, 0.15) is 11.4 Å². The molecule has 0 spiro atoms. The molecule has 0 heterocycles. The van der Waals surface area contributed by atoms with Crippen molar-refractivity contribution in [3.05, 3.63) is 101 Å². The maximum atomic E-state index is 12.9. The van der Waals surface area contributed by atoms with Gasteiger partial charge in [0.15, 0.2) is 0 Å². The number of benzene rings is 3. The molecule has 2 amide bonds. The van der Waals surface area contributed by atoms with Crippen LogP contribution in [0, 0.1) is 0 Å². The molecule has 3 aromatic rings. The Morgan fingerprint density at radius 1 is 0.897 bits per heavy atom. The largest absolute Gasteiger partial charge is 0.497 e. The summed E-state index contributed by atoms with van der Waals surface area (Å²) in [5.74, 6) is -0.253. The van der Waals surface area contributed by atoms with Crippen molar-refractivity contribution in [1.82, 2.24) is 5.32 Å². The van der Waals surface area contributed by atoms with E-state index in [1.165, 1.54) is 0 Å². The predicted octanol–water partition coefficient (Wildman–Crippen LogP) is 4.76. The minimum Gasteiger partial charge on any atom is -0.497 e. The number of carbonyl (C=O) groups is 2. The summed E-state index contributed by atoms with van der Waals surface area (Å²) >= 11 is 6.11. The van der Waals surface area contributed by atoms with Gasteiger partial charge in [0.05, 0.1) is 17.7 Å². The summed E-state index contributed by atoms with van der Waals surface area (Å²) in [6, 6.07) is 22.8. The van der Waals surface area contributed by atoms with Crippen molar-refractivity contribution >= 4 is 35.2 Å². The summed E-state index contributed by atoms with van der Waals surface area (Å²) in [6.45, 7) is 0. The van der Waals surface area contributed by atoms with Crippen molar-refractivity contribution in [2.45, 2.75) is 0 Å². The molecule has 0 radical (unpaired) electrons. The fourth-order valence-corrected chi connectivity index (χ4v) is 2.80. The highest BCUT2D eigenvalue weighted by atomic mass is 35.5. The van der Waals surface area contributed by atoms with Gasteiger partial charge in [-0.05, 0) is 48.0 Å². The monoisotopic (exact) mass is 406 g/mol. The highest BCUT2D eigenvalue weighted by Crippen LogP contribution is 2.18. The molecule has 0 bridgehead atoms. The van der Waals surface area contributed by atoms with Crippen LogP contribution in [0.25, 0.3) is 6.08 Å². The molecule has 0 saturated carbocycles. The second-order valence-electron chi connectivity index (χ2n) is 6.09. The van der Waals surface area contributed by atoms with E-state index in [1.54, 1.807) is 61.7 Å². The fraction of sp³-hybridized carbons (Fsp3) is 0.0435. The third-order valence-corrected chi connectivity index (χ3v) is 4.40. The molecule has 0 aliphatic carbocycles. The third kappa shape index (κ3) is 5.46. The first kappa shape index (κ1) is 20.2. The van der Waals surface area contributed by atoms with Crippen LogP contribution in [0.2, 0.25) is 5.02 Å². The Morgan fingerprint density at radius 3 is 2.21 bits per heavy atom. The number of halogens is 1. The summed E-state index contributed by atoms with van der Waals surface area (Å²) in [5.41, 5.74) is 1.72. The van der Waals surface area contributed by atoms with Gasteiger partial charge in [-0.1, -0.05) is 54.1 Å². The zero-order valence-corrected chi connectivity index (χ0v) is 16.4. The van der Waals surface area contributed by atoms with Gasteiger partial charge in [0.25, 0.3) is 11.8 Å². The van der Waals surface area contributed by atoms with E-state index >= 15 is 0 Å². The van der Waals surface area contributed by atoms with Gasteiger partial charge in [0, 0.05) is 5.69 Å².